The van der Waals surface area contributed by atoms with Crippen molar-refractivity contribution in [3.8, 4) is 0 Å². The largest absolute Gasteiger partial charge is 0.483 e. The van der Waals surface area contributed by atoms with Gasteiger partial charge in [-0.05, 0) is 19.1 Å². The van der Waals surface area contributed by atoms with Gasteiger partial charge in [-0.3, -0.25) is 9.59 Å². The number of hydrogen-bond acceptors (Lipinski definition) is 6. The van der Waals surface area contributed by atoms with Gasteiger partial charge in [0.15, 0.2) is 0 Å². The zero-order chi connectivity index (χ0) is 23.5. The van der Waals surface area contributed by atoms with E-state index in [0.717, 1.165) is 12.1 Å². The molecule has 0 N–H and O–H groups in total. The average molecular weight is 475 g/mol. The standard InChI is InChI=1S/C13H6F9NO6S/c1-5-2-3-6-7(4-5)9(25)23(8(6)24)29-30(26,27)13(21,22)12(19,20)28-11(17,18)10(14,15)16/h2-4H,1H3. The molecule has 168 valence electrons. The number of aryl methyl sites for hydroxylation is 1. The Balaban J connectivity index is 2.36. The van der Waals surface area contributed by atoms with Crippen LogP contribution in [0.3, 0.4) is 0 Å². The maximum absolute atomic E-state index is 13.7. The quantitative estimate of drug-likeness (QED) is 0.464. The van der Waals surface area contributed by atoms with Gasteiger partial charge in [0.1, 0.15) is 0 Å². The average Bonchev–Trinajstić information content (AvgIpc) is 2.77. The molecule has 2 amide bonds. The molecule has 0 aliphatic carbocycles. The van der Waals surface area contributed by atoms with E-state index in [1.54, 1.807) is 4.74 Å². The van der Waals surface area contributed by atoms with Gasteiger partial charge in [0, 0.05) is 0 Å². The third-order valence-electron chi connectivity index (χ3n) is 3.42. The smallest absolute Gasteiger partial charge is 0.266 e. The number of rotatable bonds is 6. The lowest BCUT2D eigenvalue weighted by atomic mass is 10.1. The topological polar surface area (TPSA) is 90.0 Å². The van der Waals surface area contributed by atoms with Crippen LogP contribution in [-0.4, -0.2) is 48.9 Å². The maximum atomic E-state index is 13.7. The lowest BCUT2D eigenvalue weighted by molar-refractivity contribution is -0.476. The van der Waals surface area contributed by atoms with Gasteiger partial charge in [0.05, 0.1) is 11.1 Å². The van der Waals surface area contributed by atoms with E-state index in [1.807, 2.05) is 0 Å². The van der Waals surface area contributed by atoms with Crippen molar-refractivity contribution in [1.82, 2.24) is 5.06 Å². The minimum absolute atomic E-state index is 0.319. The van der Waals surface area contributed by atoms with Crippen LogP contribution in [0.5, 0.6) is 0 Å². The Hall–Kier alpha value is -2.40. The van der Waals surface area contributed by atoms with Crippen molar-refractivity contribution in [1.29, 1.82) is 0 Å². The molecule has 17 heteroatoms. The molecule has 0 fully saturated rings. The number of amides is 2. The van der Waals surface area contributed by atoms with Gasteiger partial charge in [0.25, 0.3) is 11.8 Å². The van der Waals surface area contributed by atoms with Crippen molar-refractivity contribution < 1.29 is 66.5 Å². The molecule has 30 heavy (non-hydrogen) atoms. The zero-order valence-corrected chi connectivity index (χ0v) is 14.8. The molecule has 1 aliphatic rings. The van der Waals surface area contributed by atoms with E-state index in [-0.39, 0.29) is 0 Å². The van der Waals surface area contributed by atoms with Gasteiger partial charge >= 0.3 is 33.8 Å². The zero-order valence-electron chi connectivity index (χ0n) is 13.9. The Bertz CT molecular complexity index is 1000. The molecule has 0 saturated carbocycles. The van der Waals surface area contributed by atoms with Crippen LogP contribution < -0.4 is 0 Å². The lowest BCUT2D eigenvalue weighted by Gasteiger charge is -2.29. The SMILES string of the molecule is Cc1ccc2c(c1)C(=O)N(OS(=O)(=O)C(F)(F)C(F)(F)OC(F)(F)C(F)(F)F)C2=O. The van der Waals surface area contributed by atoms with Crippen LogP contribution in [-0.2, 0) is 19.1 Å². The number of alkyl halides is 9. The summed E-state index contributed by atoms with van der Waals surface area (Å²) in [5, 5.41) is -7.80. The number of benzene rings is 1. The third-order valence-corrected chi connectivity index (χ3v) is 4.63. The highest BCUT2D eigenvalue weighted by atomic mass is 32.2. The summed E-state index contributed by atoms with van der Waals surface area (Å²) in [6, 6.07) is 3.13. The van der Waals surface area contributed by atoms with Crippen LogP contribution in [0.25, 0.3) is 0 Å². The predicted molar refractivity (Wildman–Crippen MR) is 73.7 cm³/mol. The van der Waals surface area contributed by atoms with E-state index in [1.165, 1.54) is 13.0 Å². The van der Waals surface area contributed by atoms with Crippen molar-refractivity contribution in [3.05, 3.63) is 34.9 Å². The Labute approximate surface area is 160 Å². The molecule has 7 nitrogen and oxygen atoms in total. The van der Waals surface area contributed by atoms with Crippen molar-refractivity contribution in [3.63, 3.8) is 0 Å². The summed E-state index contributed by atoms with van der Waals surface area (Å²) in [6.45, 7) is 1.39. The van der Waals surface area contributed by atoms with Crippen LogP contribution in [0, 0.1) is 6.92 Å². The first-order chi connectivity index (χ1) is 13.3. The maximum Gasteiger partial charge on any atom is 0.483 e. The summed E-state index contributed by atoms with van der Waals surface area (Å²) < 4.78 is 143. The highest BCUT2D eigenvalue weighted by Gasteiger charge is 2.76. The summed E-state index contributed by atoms with van der Waals surface area (Å²) in [6.07, 6.45) is -20.8. The molecule has 1 aliphatic heterocycles. The molecule has 0 unspecified atom stereocenters. The molecular weight excluding hydrogens is 469 g/mol. The van der Waals surface area contributed by atoms with Crippen LogP contribution in [0.15, 0.2) is 18.2 Å². The summed E-state index contributed by atoms with van der Waals surface area (Å²) in [4.78, 5) is 23.9. The molecule has 0 atom stereocenters. The number of imide groups is 1. The van der Waals surface area contributed by atoms with E-state index in [2.05, 4.69) is 4.28 Å². The van der Waals surface area contributed by atoms with Gasteiger partial charge in [-0.15, -0.1) is 9.35 Å². The number of halogens is 9. The number of carbonyl (C=O) groups excluding carboxylic acids is 2. The molecule has 1 heterocycles. The van der Waals surface area contributed by atoms with Gasteiger partial charge in [-0.2, -0.15) is 47.9 Å². The van der Waals surface area contributed by atoms with Crippen molar-refractivity contribution in [2.45, 2.75) is 30.6 Å². The van der Waals surface area contributed by atoms with Crippen LogP contribution in [0.1, 0.15) is 26.3 Å². The Kier molecular flexibility index (Phi) is 5.42. The van der Waals surface area contributed by atoms with Gasteiger partial charge in [-0.25, -0.2) is 4.74 Å². The number of hydroxylamine groups is 2. The number of fused-ring (bicyclic) bond motifs is 1. The van der Waals surface area contributed by atoms with Gasteiger partial charge < -0.3 is 0 Å². The fourth-order valence-electron chi connectivity index (χ4n) is 1.97. The van der Waals surface area contributed by atoms with Gasteiger partial charge in [0.2, 0.25) is 0 Å². The second kappa shape index (κ2) is 6.81. The molecular formula is C13H6F9NO6S. The number of ether oxygens (including phenoxy) is 1. The van der Waals surface area contributed by atoms with Crippen molar-refractivity contribution >= 4 is 21.9 Å². The molecule has 0 bridgehead atoms. The minimum atomic E-state index is -7.24. The van der Waals surface area contributed by atoms with Gasteiger partial charge in [-0.1, -0.05) is 11.6 Å². The number of hydrogen-bond donors (Lipinski definition) is 0. The number of carbonyl (C=O) groups is 2. The summed E-state index contributed by atoms with van der Waals surface area (Å²) in [5.74, 6) is -3.41. The van der Waals surface area contributed by atoms with E-state index in [9.17, 15) is 57.5 Å². The lowest BCUT2D eigenvalue weighted by Crippen LogP contribution is -2.56. The fourth-order valence-corrected chi connectivity index (χ4v) is 2.73. The first kappa shape index (κ1) is 23.9. The van der Waals surface area contributed by atoms with E-state index >= 15 is 0 Å². The molecule has 1 aromatic carbocycles. The first-order valence-corrected chi connectivity index (χ1v) is 8.50. The molecule has 0 radical (unpaired) electrons. The second-order valence-corrected chi connectivity index (χ2v) is 7.20. The number of nitrogens with zero attached hydrogens (tertiary/aromatic N) is 1. The summed E-state index contributed by atoms with van der Waals surface area (Å²) in [7, 11) is -7.24. The normalized spacial score (nSPS) is 16.3. The summed E-state index contributed by atoms with van der Waals surface area (Å²) in [5.41, 5.74) is -0.847. The Morgan fingerprint density at radius 1 is 0.833 bits per heavy atom. The highest BCUT2D eigenvalue weighted by Crippen LogP contribution is 2.48. The molecule has 0 saturated heterocycles. The van der Waals surface area contributed by atoms with Crippen molar-refractivity contribution in [2.24, 2.45) is 0 Å². The van der Waals surface area contributed by atoms with E-state index in [4.69, 9.17) is 0 Å². The molecule has 0 spiro atoms. The molecule has 1 aromatic rings. The van der Waals surface area contributed by atoms with Crippen LogP contribution in [0.2, 0.25) is 0 Å². The predicted octanol–water partition coefficient (Wildman–Crippen LogP) is 3.21. The molecule has 2 rings (SSSR count). The first-order valence-electron chi connectivity index (χ1n) is 7.09. The summed E-state index contributed by atoms with van der Waals surface area (Å²) >= 11 is 0. The highest BCUT2D eigenvalue weighted by molar-refractivity contribution is 7.87. The monoisotopic (exact) mass is 475 g/mol. The minimum Gasteiger partial charge on any atom is -0.266 e. The van der Waals surface area contributed by atoms with Crippen LogP contribution in [0.4, 0.5) is 39.5 Å². The second-order valence-electron chi connectivity index (χ2n) is 5.63. The van der Waals surface area contributed by atoms with E-state index in [0.29, 0.717) is 5.56 Å². The fraction of sp³-hybridized carbons (Fsp3) is 0.385. The van der Waals surface area contributed by atoms with Crippen LogP contribution >= 0.6 is 0 Å². The molecule has 0 aromatic heterocycles. The Morgan fingerprint density at radius 3 is 1.83 bits per heavy atom. The van der Waals surface area contributed by atoms with Crippen molar-refractivity contribution in [2.75, 3.05) is 0 Å². The third kappa shape index (κ3) is 3.71. The van der Waals surface area contributed by atoms with E-state index < -0.39 is 61.8 Å². The Morgan fingerprint density at radius 2 is 1.33 bits per heavy atom.